The van der Waals surface area contributed by atoms with Gasteiger partial charge in [0.15, 0.2) is 5.82 Å². The molecule has 3 rings (SSSR count). The maximum absolute atomic E-state index is 12.0. The fourth-order valence-corrected chi connectivity index (χ4v) is 2.63. The number of urea groups is 1. The van der Waals surface area contributed by atoms with Gasteiger partial charge in [0.2, 0.25) is 0 Å². The Balaban J connectivity index is 1.61. The molecule has 6 heteroatoms. The van der Waals surface area contributed by atoms with Crippen LogP contribution in [0.2, 0.25) is 0 Å². The second-order valence-electron chi connectivity index (χ2n) is 5.44. The lowest BCUT2D eigenvalue weighted by molar-refractivity contribution is 0.249. The zero-order valence-corrected chi connectivity index (χ0v) is 12.2. The Labute approximate surface area is 123 Å². The van der Waals surface area contributed by atoms with Gasteiger partial charge >= 0.3 is 6.03 Å². The lowest BCUT2D eigenvalue weighted by Crippen LogP contribution is -2.31. The van der Waals surface area contributed by atoms with E-state index in [1.165, 1.54) is 17.5 Å². The van der Waals surface area contributed by atoms with Gasteiger partial charge in [0.05, 0.1) is 6.04 Å². The van der Waals surface area contributed by atoms with Crippen LogP contribution in [0.1, 0.15) is 42.2 Å². The van der Waals surface area contributed by atoms with Crippen molar-refractivity contribution >= 4 is 11.7 Å². The first-order valence-corrected chi connectivity index (χ1v) is 7.20. The van der Waals surface area contributed by atoms with Crippen molar-refractivity contribution in [1.29, 1.82) is 0 Å². The van der Waals surface area contributed by atoms with Crippen molar-refractivity contribution in [2.24, 2.45) is 0 Å². The number of rotatable bonds is 3. The molecule has 0 spiro atoms. The number of benzene rings is 1. The first kappa shape index (κ1) is 13.6. The minimum Gasteiger partial charge on any atom is -0.328 e. The van der Waals surface area contributed by atoms with E-state index in [4.69, 9.17) is 0 Å². The highest BCUT2D eigenvalue weighted by molar-refractivity contribution is 5.89. The Bertz CT molecular complexity index is 664. The third-order valence-corrected chi connectivity index (χ3v) is 3.71. The van der Waals surface area contributed by atoms with Gasteiger partial charge in [-0.25, -0.2) is 9.78 Å². The molecule has 0 saturated carbocycles. The van der Waals surface area contributed by atoms with Crippen LogP contribution in [0.25, 0.3) is 0 Å². The fraction of sp³-hybridized carbons (Fsp3) is 0.400. The Hall–Kier alpha value is -2.37. The number of anilines is 1. The van der Waals surface area contributed by atoms with Crippen LogP contribution in [0.5, 0.6) is 0 Å². The average molecular weight is 285 g/mol. The molecule has 2 aromatic rings. The summed E-state index contributed by atoms with van der Waals surface area (Å²) in [7, 11) is 0. The molecule has 1 aliphatic rings. The lowest BCUT2D eigenvalue weighted by atomic mass is 10.1. The topological polar surface area (TPSA) is 82.7 Å². The van der Waals surface area contributed by atoms with Crippen molar-refractivity contribution < 1.29 is 4.79 Å². The molecule has 0 aliphatic heterocycles. The highest BCUT2D eigenvalue weighted by atomic mass is 16.2. The summed E-state index contributed by atoms with van der Waals surface area (Å²) in [5, 5.41) is 12.5. The number of aromatic nitrogens is 3. The van der Waals surface area contributed by atoms with Crippen LogP contribution in [0, 0.1) is 6.92 Å². The minimum atomic E-state index is -0.247. The normalized spacial score (nSPS) is 14.6. The number of amides is 2. The number of carbonyl (C=O) groups is 1. The molecule has 1 aliphatic carbocycles. The zero-order valence-electron chi connectivity index (χ0n) is 12.2. The zero-order chi connectivity index (χ0) is 14.8. The first-order chi connectivity index (χ1) is 10.1. The van der Waals surface area contributed by atoms with Crippen molar-refractivity contribution in [1.82, 2.24) is 20.5 Å². The highest BCUT2D eigenvalue weighted by Gasteiger charge is 2.15. The van der Waals surface area contributed by atoms with Crippen LogP contribution < -0.4 is 10.6 Å². The highest BCUT2D eigenvalue weighted by Crippen LogP contribution is 2.24. The molecule has 110 valence electrons. The van der Waals surface area contributed by atoms with Gasteiger partial charge in [0.1, 0.15) is 5.82 Å². The van der Waals surface area contributed by atoms with E-state index in [0.29, 0.717) is 5.82 Å². The molecule has 0 fully saturated rings. The van der Waals surface area contributed by atoms with Crippen LogP contribution in [0.15, 0.2) is 18.2 Å². The van der Waals surface area contributed by atoms with Crippen molar-refractivity contribution in [2.75, 3.05) is 5.32 Å². The van der Waals surface area contributed by atoms with Gasteiger partial charge in [-0.2, -0.15) is 5.10 Å². The predicted molar refractivity (Wildman–Crippen MR) is 80.2 cm³/mol. The second kappa shape index (κ2) is 5.55. The lowest BCUT2D eigenvalue weighted by Gasteiger charge is -2.12. The van der Waals surface area contributed by atoms with Gasteiger partial charge in [-0.05, 0) is 56.4 Å². The minimum absolute atomic E-state index is 0.246. The Morgan fingerprint density at radius 1 is 1.33 bits per heavy atom. The molecule has 0 bridgehead atoms. The molecule has 1 aromatic heterocycles. The third-order valence-electron chi connectivity index (χ3n) is 3.71. The SMILES string of the molecule is Cc1nc([C@@H](C)NC(=O)Nc2ccc3c(c2)CCC3)n[nH]1. The summed E-state index contributed by atoms with van der Waals surface area (Å²) in [4.78, 5) is 16.2. The van der Waals surface area contributed by atoms with Crippen molar-refractivity contribution in [3.63, 3.8) is 0 Å². The second-order valence-corrected chi connectivity index (χ2v) is 5.44. The summed E-state index contributed by atoms with van der Waals surface area (Å²) < 4.78 is 0. The van der Waals surface area contributed by atoms with E-state index in [2.05, 4.69) is 37.9 Å². The molecular formula is C15H19N5O. The maximum Gasteiger partial charge on any atom is 0.319 e. The number of nitrogens with one attached hydrogen (secondary N) is 3. The number of fused-ring (bicyclic) bond motifs is 1. The third kappa shape index (κ3) is 3.04. The summed E-state index contributed by atoms with van der Waals surface area (Å²) in [6.45, 7) is 3.68. The molecule has 21 heavy (non-hydrogen) atoms. The van der Waals surface area contributed by atoms with Crippen LogP contribution in [0.3, 0.4) is 0 Å². The fourth-order valence-electron chi connectivity index (χ4n) is 2.63. The van der Waals surface area contributed by atoms with E-state index in [9.17, 15) is 4.79 Å². The van der Waals surface area contributed by atoms with Gasteiger partial charge in [-0.15, -0.1) is 0 Å². The number of H-pyrrole nitrogens is 1. The molecular weight excluding hydrogens is 266 g/mol. The summed E-state index contributed by atoms with van der Waals surface area (Å²) in [5.74, 6) is 1.31. The van der Waals surface area contributed by atoms with Gasteiger partial charge < -0.3 is 10.6 Å². The number of hydrogen-bond donors (Lipinski definition) is 3. The van der Waals surface area contributed by atoms with E-state index >= 15 is 0 Å². The Morgan fingerprint density at radius 3 is 2.90 bits per heavy atom. The molecule has 2 amide bonds. The molecule has 3 N–H and O–H groups in total. The maximum atomic E-state index is 12.0. The van der Waals surface area contributed by atoms with E-state index in [1.807, 2.05) is 19.9 Å². The van der Waals surface area contributed by atoms with E-state index in [0.717, 1.165) is 24.4 Å². The van der Waals surface area contributed by atoms with Crippen LogP contribution in [-0.2, 0) is 12.8 Å². The van der Waals surface area contributed by atoms with Crippen molar-refractivity contribution in [3.8, 4) is 0 Å². The monoisotopic (exact) mass is 285 g/mol. The van der Waals surface area contributed by atoms with E-state index in [1.54, 1.807) is 0 Å². The summed E-state index contributed by atoms with van der Waals surface area (Å²) in [6.07, 6.45) is 3.44. The van der Waals surface area contributed by atoms with Crippen molar-refractivity contribution in [2.45, 2.75) is 39.2 Å². The Kier molecular flexibility index (Phi) is 3.60. The van der Waals surface area contributed by atoms with E-state index in [-0.39, 0.29) is 12.1 Å². The van der Waals surface area contributed by atoms with Crippen LogP contribution in [0.4, 0.5) is 10.5 Å². The number of aryl methyl sites for hydroxylation is 3. The predicted octanol–water partition coefficient (Wildman–Crippen LogP) is 2.48. The standard InChI is InChI=1S/C15H19N5O/c1-9(14-17-10(2)19-20-14)16-15(21)18-13-7-6-11-4-3-5-12(11)8-13/h6-9H,3-5H2,1-2H3,(H2,16,18,21)(H,17,19,20)/t9-/m1/s1. The molecule has 0 radical (unpaired) electrons. The average Bonchev–Trinajstić information content (AvgIpc) is 3.06. The summed E-state index contributed by atoms with van der Waals surface area (Å²) in [5.41, 5.74) is 3.56. The largest absolute Gasteiger partial charge is 0.328 e. The van der Waals surface area contributed by atoms with Crippen LogP contribution in [-0.4, -0.2) is 21.2 Å². The van der Waals surface area contributed by atoms with Gasteiger partial charge in [0.25, 0.3) is 0 Å². The number of carbonyl (C=O) groups excluding carboxylic acids is 1. The molecule has 1 atom stereocenters. The number of aromatic amines is 1. The quantitative estimate of drug-likeness (QED) is 0.810. The van der Waals surface area contributed by atoms with Crippen LogP contribution >= 0.6 is 0 Å². The summed E-state index contributed by atoms with van der Waals surface area (Å²) >= 11 is 0. The smallest absolute Gasteiger partial charge is 0.319 e. The Morgan fingerprint density at radius 2 is 2.14 bits per heavy atom. The molecule has 1 heterocycles. The molecule has 0 saturated heterocycles. The van der Waals surface area contributed by atoms with E-state index < -0.39 is 0 Å². The molecule has 0 unspecified atom stereocenters. The van der Waals surface area contributed by atoms with Gasteiger partial charge in [-0.1, -0.05) is 6.07 Å². The molecule has 1 aromatic carbocycles. The first-order valence-electron chi connectivity index (χ1n) is 7.20. The summed E-state index contributed by atoms with van der Waals surface area (Å²) in [6, 6.07) is 5.61. The van der Waals surface area contributed by atoms with Gasteiger partial charge in [0, 0.05) is 5.69 Å². The van der Waals surface area contributed by atoms with Gasteiger partial charge in [-0.3, -0.25) is 5.10 Å². The van der Waals surface area contributed by atoms with Crippen molar-refractivity contribution in [3.05, 3.63) is 41.0 Å². The number of hydrogen-bond acceptors (Lipinski definition) is 3. The molecule has 6 nitrogen and oxygen atoms in total. The number of nitrogens with zero attached hydrogens (tertiary/aromatic N) is 2.